The van der Waals surface area contributed by atoms with E-state index in [2.05, 4.69) is 15.9 Å². The highest BCUT2D eigenvalue weighted by atomic mass is 79.9. The van der Waals surface area contributed by atoms with Crippen molar-refractivity contribution in [2.45, 2.75) is 18.6 Å². The van der Waals surface area contributed by atoms with Crippen LogP contribution in [0, 0.1) is 17.1 Å². The predicted octanol–water partition coefficient (Wildman–Crippen LogP) is 1.90. The fourth-order valence-corrected chi connectivity index (χ4v) is 1.77. The normalized spacial score (nSPS) is 14.3. The first-order valence-electron chi connectivity index (χ1n) is 4.25. The number of benzene rings is 1. The van der Waals surface area contributed by atoms with Gasteiger partial charge in [0.2, 0.25) is 0 Å². The molecule has 1 aromatic rings. The minimum absolute atomic E-state index is 0.0275. The Labute approximate surface area is 94.9 Å². The molecule has 0 radical (unpaired) electrons. The molecule has 0 heterocycles. The first kappa shape index (κ1) is 12.1. The van der Waals surface area contributed by atoms with Gasteiger partial charge in [-0.15, -0.1) is 0 Å². The van der Waals surface area contributed by atoms with Crippen molar-refractivity contribution in [1.29, 1.82) is 5.26 Å². The number of aliphatic hydroxyl groups excluding tert-OH is 2. The molecule has 1 rings (SSSR count). The van der Waals surface area contributed by atoms with E-state index in [0.29, 0.717) is 4.47 Å². The van der Waals surface area contributed by atoms with Gasteiger partial charge in [0.05, 0.1) is 18.6 Å². The Balaban J connectivity index is 3.01. The molecular weight excluding hydrogens is 265 g/mol. The van der Waals surface area contributed by atoms with Crippen molar-refractivity contribution in [2.24, 2.45) is 0 Å². The van der Waals surface area contributed by atoms with Gasteiger partial charge < -0.3 is 10.2 Å². The average molecular weight is 274 g/mol. The number of hydrogen-bond acceptors (Lipinski definition) is 3. The second kappa shape index (κ2) is 5.21. The molecule has 0 fully saturated rings. The Morgan fingerprint density at radius 3 is 2.67 bits per heavy atom. The quantitative estimate of drug-likeness (QED) is 0.884. The SMILES string of the molecule is N#CCC(O)C(O)c1c(F)cccc1Br. The third-order valence-corrected chi connectivity index (χ3v) is 2.65. The van der Waals surface area contributed by atoms with Crippen LogP contribution >= 0.6 is 15.9 Å². The highest BCUT2D eigenvalue weighted by Gasteiger charge is 2.23. The lowest BCUT2D eigenvalue weighted by Gasteiger charge is -2.17. The second-order valence-electron chi connectivity index (χ2n) is 3.01. The fraction of sp³-hybridized carbons (Fsp3) is 0.300. The molecule has 0 saturated carbocycles. The lowest BCUT2D eigenvalue weighted by Crippen LogP contribution is -2.19. The van der Waals surface area contributed by atoms with Crippen molar-refractivity contribution in [3.8, 4) is 6.07 Å². The van der Waals surface area contributed by atoms with Crippen LogP contribution in [0.3, 0.4) is 0 Å². The van der Waals surface area contributed by atoms with Crippen molar-refractivity contribution in [3.05, 3.63) is 34.1 Å². The van der Waals surface area contributed by atoms with Crippen LogP contribution in [0.1, 0.15) is 18.1 Å². The summed E-state index contributed by atoms with van der Waals surface area (Å²) in [5, 5.41) is 27.3. The molecule has 1 aromatic carbocycles. The lowest BCUT2D eigenvalue weighted by molar-refractivity contribution is 0.0190. The van der Waals surface area contributed by atoms with Crippen LogP contribution < -0.4 is 0 Å². The summed E-state index contributed by atoms with van der Waals surface area (Å²) in [6.07, 6.45) is -2.94. The topological polar surface area (TPSA) is 64.2 Å². The number of rotatable bonds is 3. The summed E-state index contributed by atoms with van der Waals surface area (Å²) in [5.41, 5.74) is -0.0275. The van der Waals surface area contributed by atoms with Gasteiger partial charge in [0, 0.05) is 10.0 Å². The van der Waals surface area contributed by atoms with Gasteiger partial charge in [0.15, 0.2) is 0 Å². The number of nitriles is 1. The summed E-state index contributed by atoms with van der Waals surface area (Å²) in [7, 11) is 0. The van der Waals surface area contributed by atoms with Crippen LogP contribution in [0.4, 0.5) is 4.39 Å². The van der Waals surface area contributed by atoms with Gasteiger partial charge >= 0.3 is 0 Å². The fourth-order valence-electron chi connectivity index (χ4n) is 1.19. The van der Waals surface area contributed by atoms with Crippen LogP contribution in [0.2, 0.25) is 0 Å². The van der Waals surface area contributed by atoms with Crippen LogP contribution in [0.15, 0.2) is 22.7 Å². The molecule has 0 aliphatic heterocycles. The predicted molar refractivity (Wildman–Crippen MR) is 55.3 cm³/mol. The lowest BCUT2D eigenvalue weighted by atomic mass is 10.0. The summed E-state index contributed by atoms with van der Waals surface area (Å²) in [6, 6.07) is 5.93. The monoisotopic (exact) mass is 273 g/mol. The Morgan fingerprint density at radius 2 is 2.13 bits per heavy atom. The molecule has 0 spiro atoms. The molecule has 15 heavy (non-hydrogen) atoms. The summed E-state index contributed by atoms with van der Waals surface area (Å²) in [6.45, 7) is 0. The van der Waals surface area contributed by atoms with E-state index in [1.165, 1.54) is 12.1 Å². The average Bonchev–Trinajstić information content (AvgIpc) is 2.17. The van der Waals surface area contributed by atoms with Crippen LogP contribution in [-0.4, -0.2) is 16.3 Å². The standard InChI is InChI=1S/C10H9BrFNO2/c11-6-2-1-3-7(12)9(6)10(15)8(14)4-5-13/h1-3,8,10,14-15H,4H2. The van der Waals surface area contributed by atoms with E-state index >= 15 is 0 Å². The number of halogens is 2. The second-order valence-corrected chi connectivity index (χ2v) is 3.86. The van der Waals surface area contributed by atoms with Crippen molar-refractivity contribution in [2.75, 3.05) is 0 Å². The molecular formula is C10H9BrFNO2. The van der Waals surface area contributed by atoms with Crippen molar-refractivity contribution < 1.29 is 14.6 Å². The van der Waals surface area contributed by atoms with Gasteiger partial charge in [-0.2, -0.15) is 5.26 Å². The molecule has 0 aliphatic carbocycles. The molecule has 0 saturated heterocycles. The highest BCUT2D eigenvalue weighted by Crippen LogP contribution is 2.28. The summed E-state index contributed by atoms with van der Waals surface area (Å²) in [4.78, 5) is 0. The Morgan fingerprint density at radius 1 is 1.47 bits per heavy atom. The minimum Gasteiger partial charge on any atom is -0.389 e. The van der Waals surface area contributed by atoms with Gasteiger partial charge in [0.1, 0.15) is 11.9 Å². The van der Waals surface area contributed by atoms with Crippen molar-refractivity contribution >= 4 is 15.9 Å². The zero-order valence-electron chi connectivity index (χ0n) is 7.69. The highest BCUT2D eigenvalue weighted by molar-refractivity contribution is 9.10. The molecule has 0 amide bonds. The van der Waals surface area contributed by atoms with E-state index in [1.807, 2.05) is 0 Å². The molecule has 80 valence electrons. The molecule has 5 heteroatoms. The third kappa shape index (κ3) is 2.75. The van der Waals surface area contributed by atoms with Gasteiger partial charge in [-0.25, -0.2) is 4.39 Å². The van der Waals surface area contributed by atoms with E-state index in [1.54, 1.807) is 12.1 Å². The minimum atomic E-state index is -1.40. The molecule has 2 unspecified atom stereocenters. The number of aliphatic hydroxyl groups is 2. The molecule has 2 atom stereocenters. The smallest absolute Gasteiger partial charge is 0.130 e. The molecule has 3 nitrogen and oxygen atoms in total. The molecule has 2 N–H and O–H groups in total. The largest absolute Gasteiger partial charge is 0.389 e. The maximum atomic E-state index is 13.3. The maximum Gasteiger partial charge on any atom is 0.130 e. The maximum absolute atomic E-state index is 13.3. The van der Waals surface area contributed by atoms with Gasteiger partial charge in [0.25, 0.3) is 0 Å². The van der Waals surface area contributed by atoms with Crippen LogP contribution in [0.5, 0.6) is 0 Å². The number of hydrogen-bond donors (Lipinski definition) is 2. The van der Waals surface area contributed by atoms with Crippen LogP contribution in [-0.2, 0) is 0 Å². The molecule has 0 bridgehead atoms. The van der Waals surface area contributed by atoms with Crippen molar-refractivity contribution in [1.82, 2.24) is 0 Å². The summed E-state index contributed by atoms with van der Waals surface area (Å²) < 4.78 is 13.7. The van der Waals surface area contributed by atoms with Gasteiger partial charge in [-0.1, -0.05) is 22.0 Å². The van der Waals surface area contributed by atoms with Gasteiger partial charge in [-0.05, 0) is 12.1 Å². The zero-order valence-corrected chi connectivity index (χ0v) is 9.28. The molecule has 0 aromatic heterocycles. The van der Waals surface area contributed by atoms with E-state index < -0.39 is 18.0 Å². The van der Waals surface area contributed by atoms with E-state index in [4.69, 9.17) is 5.26 Å². The summed E-state index contributed by atoms with van der Waals surface area (Å²) in [5.74, 6) is -0.617. The Hall–Kier alpha value is -0.960. The summed E-state index contributed by atoms with van der Waals surface area (Å²) >= 11 is 3.07. The van der Waals surface area contributed by atoms with E-state index in [-0.39, 0.29) is 12.0 Å². The van der Waals surface area contributed by atoms with Crippen molar-refractivity contribution in [3.63, 3.8) is 0 Å². The third-order valence-electron chi connectivity index (χ3n) is 1.96. The van der Waals surface area contributed by atoms with Gasteiger partial charge in [-0.3, -0.25) is 0 Å². The Kier molecular flexibility index (Phi) is 4.21. The zero-order chi connectivity index (χ0) is 11.4. The number of nitrogens with zero attached hydrogens (tertiary/aromatic N) is 1. The Bertz CT molecular complexity index is 371. The molecule has 0 aliphatic rings. The first-order chi connectivity index (χ1) is 7.07. The van der Waals surface area contributed by atoms with Crippen LogP contribution in [0.25, 0.3) is 0 Å². The van der Waals surface area contributed by atoms with E-state index in [9.17, 15) is 14.6 Å². The first-order valence-corrected chi connectivity index (χ1v) is 5.04. The van der Waals surface area contributed by atoms with E-state index in [0.717, 1.165) is 0 Å².